The first-order chi connectivity index (χ1) is 9.78. The molecule has 0 fully saturated rings. The van der Waals surface area contributed by atoms with Crippen LogP contribution in [0.1, 0.15) is 34.9 Å². The van der Waals surface area contributed by atoms with Gasteiger partial charge >= 0.3 is 0 Å². The molecule has 0 spiro atoms. The third-order valence-corrected chi connectivity index (χ3v) is 5.64. The number of nitrogens with zero attached hydrogens (tertiary/aromatic N) is 1. The summed E-state index contributed by atoms with van der Waals surface area (Å²) in [6.07, 6.45) is 6.73. The van der Waals surface area contributed by atoms with E-state index >= 15 is 0 Å². The largest absolute Gasteiger partial charge is 0.316 e. The first-order valence-corrected chi connectivity index (χ1v) is 8.79. The summed E-state index contributed by atoms with van der Waals surface area (Å²) in [7, 11) is 2.07. The van der Waals surface area contributed by atoms with Gasteiger partial charge in [0.05, 0.1) is 0 Å². The van der Waals surface area contributed by atoms with Crippen LogP contribution in [0.4, 0.5) is 0 Å². The average Bonchev–Trinajstić information content (AvgIpc) is 2.95. The Bertz CT molecular complexity index is 564. The molecule has 2 nitrogen and oxygen atoms in total. The average molecular weight is 351 g/mol. The molecule has 1 aliphatic carbocycles. The molecule has 20 heavy (non-hydrogen) atoms. The number of hydrogen-bond acceptors (Lipinski definition) is 3. The fraction of sp³-hybridized carbons (Fsp3) is 0.438. The van der Waals surface area contributed by atoms with E-state index in [1.807, 2.05) is 17.5 Å². The number of rotatable bonds is 4. The molecule has 0 amide bonds. The lowest BCUT2D eigenvalue weighted by atomic mass is 9.81. The van der Waals surface area contributed by atoms with Crippen molar-refractivity contribution in [2.24, 2.45) is 0 Å². The van der Waals surface area contributed by atoms with Crippen molar-refractivity contribution in [2.75, 3.05) is 7.05 Å². The maximum Gasteiger partial charge on any atom is 0.0420 e. The SMILES string of the molecule is CNC(Cc1ccc(Br)cn1)C1CCCc2sccc21. The Balaban J connectivity index is 1.79. The summed E-state index contributed by atoms with van der Waals surface area (Å²) < 4.78 is 1.04. The predicted molar refractivity (Wildman–Crippen MR) is 88.5 cm³/mol. The van der Waals surface area contributed by atoms with Crippen molar-refractivity contribution in [2.45, 2.75) is 37.6 Å². The maximum absolute atomic E-state index is 4.52. The molecule has 0 aliphatic heterocycles. The highest BCUT2D eigenvalue weighted by Gasteiger charge is 2.28. The van der Waals surface area contributed by atoms with Crippen LogP contribution in [0, 0.1) is 0 Å². The van der Waals surface area contributed by atoms with Gasteiger partial charge in [0.15, 0.2) is 0 Å². The van der Waals surface area contributed by atoms with Crippen LogP contribution in [0.25, 0.3) is 0 Å². The molecule has 2 aromatic heterocycles. The van der Waals surface area contributed by atoms with E-state index in [4.69, 9.17) is 0 Å². The first kappa shape index (κ1) is 14.2. The van der Waals surface area contributed by atoms with Gasteiger partial charge in [0.25, 0.3) is 0 Å². The minimum absolute atomic E-state index is 0.470. The lowest BCUT2D eigenvalue weighted by molar-refractivity contribution is 0.411. The van der Waals surface area contributed by atoms with Crippen molar-refractivity contribution >= 4 is 27.3 Å². The highest BCUT2D eigenvalue weighted by Crippen LogP contribution is 2.37. The van der Waals surface area contributed by atoms with Gasteiger partial charge in [-0.1, -0.05) is 0 Å². The highest BCUT2D eigenvalue weighted by atomic mass is 79.9. The zero-order valence-corrected chi connectivity index (χ0v) is 14.0. The van der Waals surface area contributed by atoms with Gasteiger partial charge in [-0.25, -0.2) is 0 Å². The van der Waals surface area contributed by atoms with Crippen molar-refractivity contribution in [3.05, 3.63) is 50.4 Å². The monoisotopic (exact) mass is 350 g/mol. The smallest absolute Gasteiger partial charge is 0.0420 e. The Morgan fingerprint density at radius 2 is 2.35 bits per heavy atom. The van der Waals surface area contributed by atoms with Gasteiger partial charge in [0.2, 0.25) is 0 Å². The van der Waals surface area contributed by atoms with Gasteiger partial charge in [0, 0.05) is 39.6 Å². The highest BCUT2D eigenvalue weighted by molar-refractivity contribution is 9.10. The summed E-state index contributed by atoms with van der Waals surface area (Å²) in [4.78, 5) is 6.11. The van der Waals surface area contributed by atoms with Crippen molar-refractivity contribution in [3.63, 3.8) is 0 Å². The topological polar surface area (TPSA) is 24.9 Å². The summed E-state index contributed by atoms with van der Waals surface area (Å²) in [6, 6.07) is 6.98. The molecule has 3 rings (SSSR count). The molecular formula is C16H19BrN2S. The van der Waals surface area contributed by atoms with Gasteiger partial charge in [-0.05, 0) is 71.4 Å². The van der Waals surface area contributed by atoms with E-state index < -0.39 is 0 Å². The van der Waals surface area contributed by atoms with Crippen LogP contribution in [0.3, 0.4) is 0 Å². The number of aryl methyl sites for hydroxylation is 1. The number of pyridine rings is 1. The third kappa shape index (κ3) is 2.97. The Morgan fingerprint density at radius 3 is 3.10 bits per heavy atom. The minimum Gasteiger partial charge on any atom is -0.316 e. The molecule has 0 aromatic carbocycles. The number of fused-ring (bicyclic) bond motifs is 1. The number of nitrogens with one attached hydrogen (secondary N) is 1. The Labute approximate surface area is 132 Å². The van der Waals surface area contributed by atoms with E-state index in [-0.39, 0.29) is 0 Å². The number of halogens is 1. The Morgan fingerprint density at radius 1 is 1.45 bits per heavy atom. The van der Waals surface area contributed by atoms with E-state index in [2.05, 4.69) is 56.9 Å². The van der Waals surface area contributed by atoms with E-state index in [0.29, 0.717) is 12.0 Å². The van der Waals surface area contributed by atoms with Crippen LogP contribution in [-0.4, -0.2) is 18.1 Å². The van der Waals surface area contributed by atoms with Gasteiger partial charge in [0.1, 0.15) is 0 Å². The number of aromatic nitrogens is 1. The second kappa shape index (κ2) is 6.37. The summed E-state index contributed by atoms with van der Waals surface area (Å²) in [5, 5.41) is 5.76. The second-order valence-corrected chi connectivity index (χ2v) is 7.28. The summed E-state index contributed by atoms with van der Waals surface area (Å²) in [6.45, 7) is 0. The van der Waals surface area contributed by atoms with Gasteiger partial charge in [-0.3, -0.25) is 4.98 Å². The first-order valence-electron chi connectivity index (χ1n) is 7.12. The van der Waals surface area contributed by atoms with E-state index in [1.54, 1.807) is 10.4 Å². The molecule has 2 aromatic rings. The predicted octanol–water partition coefficient (Wildman–Crippen LogP) is 4.16. The normalized spacial score (nSPS) is 19.6. The van der Waals surface area contributed by atoms with Crippen molar-refractivity contribution in [1.29, 1.82) is 0 Å². The Kier molecular flexibility index (Phi) is 4.54. The van der Waals surface area contributed by atoms with Crippen LogP contribution in [-0.2, 0) is 12.8 Å². The van der Waals surface area contributed by atoms with Crippen LogP contribution >= 0.6 is 27.3 Å². The molecule has 2 atom stereocenters. The molecule has 0 radical (unpaired) electrons. The molecule has 2 heterocycles. The number of hydrogen-bond donors (Lipinski definition) is 1. The molecule has 1 aliphatic rings. The van der Waals surface area contributed by atoms with Crippen LogP contribution in [0.5, 0.6) is 0 Å². The molecule has 0 bridgehead atoms. The van der Waals surface area contributed by atoms with Gasteiger partial charge in [-0.15, -0.1) is 11.3 Å². The molecule has 106 valence electrons. The number of thiophene rings is 1. The van der Waals surface area contributed by atoms with Crippen LogP contribution < -0.4 is 5.32 Å². The molecule has 4 heteroatoms. The van der Waals surface area contributed by atoms with Crippen molar-refractivity contribution in [3.8, 4) is 0 Å². The lowest BCUT2D eigenvalue weighted by Crippen LogP contribution is -2.35. The minimum atomic E-state index is 0.470. The van der Waals surface area contributed by atoms with Gasteiger partial charge in [-0.2, -0.15) is 0 Å². The third-order valence-electron chi connectivity index (χ3n) is 4.17. The summed E-state index contributed by atoms with van der Waals surface area (Å²) in [5.41, 5.74) is 2.73. The van der Waals surface area contributed by atoms with Gasteiger partial charge < -0.3 is 5.32 Å². The standard InChI is InChI=1S/C16H19BrN2S/c1-18-15(9-12-6-5-11(17)10-19-12)13-3-2-4-16-14(13)7-8-20-16/h5-8,10,13,15,18H,2-4,9H2,1H3. The molecule has 0 saturated carbocycles. The second-order valence-electron chi connectivity index (χ2n) is 5.36. The number of likely N-dealkylation sites (N-methyl/N-ethyl adjacent to an activating group) is 1. The molecule has 0 saturated heterocycles. The summed E-state index contributed by atoms with van der Waals surface area (Å²) >= 11 is 5.36. The fourth-order valence-corrected chi connectivity index (χ4v) is 4.37. The zero-order chi connectivity index (χ0) is 13.9. The zero-order valence-electron chi connectivity index (χ0n) is 11.6. The summed E-state index contributed by atoms with van der Waals surface area (Å²) in [5.74, 6) is 0.625. The van der Waals surface area contributed by atoms with Crippen LogP contribution in [0.2, 0.25) is 0 Å². The molecule has 1 N–H and O–H groups in total. The van der Waals surface area contributed by atoms with Crippen LogP contribution in [0.15, 0.2) is 34.2 Å². The van der Waals surface area contributed by atoms with E-state index in [1.165, 1.54) is 19.3 Å². The molecular weight excluding hydrogens is 332 g/mol. The van der Waals surface area contributed by atoms with Crippen molar-refractivity contribution < 1.29 is 0 Å². The fourth-order valence-electron chi connectivity index (χ4n) is 3.14. The Hall–Kier alpha value is -0.710. The maximum atomic E-state index is 4.52. The lowest BCUT2D eigenvalue weighted by Gasteiger charge is -2.30. The molecule has 2 unspecified atom stereocenters. The quantitative estimate of drug-likeness (QED) is 0.895. The van der Waals surface area contributed by atoms with Crippen molar-refractivity contribution in [1.82, 2.24) is 10.3 Å². The van der Waals surface area contributed by atoms with E-state index in [9.17, 15) is 0 Å². The van der Waals surface area contributed by atoms with E-state index in [0.717, 1.165) is 16.6 Å².